The fraction of sp³-hybridized carbons (Fsp3) is 0.400. The Morgan fingerprint density at radius 3 is 2.68 bits per heavy atom. The predicted molar refractivity (Wildman–Crippen MR) is 71.8 cm³/mol. The van der Waals surface area contributed by atoms with Crippen molar-refractivity contribution in [2.75, 3.05) is 19.7 Å². The molecule has 1 saturated heterocycles. The van der Waals surface area contributed by atoms with E-state index in [4.69, 9.17) is 5.11 Å². The van der Waals surface area contributed by atoms with E-state index in [1.165, 1.54) is 18.2 Å². The zero-order valence-electron chi connectivity index (χ0n) is 10.8. The third-order valence-electron chi connectivity index (χ3n) is 3.50. The number of carbonyl (C=O) groups is 1. The van der Waals surface area contributed by atoms with Crippen LogP contribution in [0.3, 0.4) is 0 Å². The average molecular weight is 263 g/mol. The molecular formula is C15H18FNO2. The van der Waals surface area contributed by atoms with E-state index in [1.807, 2.05) is 0 Å². The van der Waals surface area contributed by atoms with Gasteiger partial charge in [-0.25, -0.2) is 4.39 Å². The first-order chi connectivity index (χ1) is 9.20. The summed E-state index contributed by atoms with van der Waals surface area (Å²) in [6.07, 6.45) is 4.58. The van der Waals surface area contributed by atoms with Crippen molar-refractivity contribution < 1.29 is 14.3 Å². The molecule has 1 aliphatic rings. The topological polar surface area (TPSA) is 40.5 Å². The summed E-state index contributed by atoms with van der Waals surface area (Å²) < 4.78 is 13.4. The van der Waals surface area contributed by atoms with E-state index in [2.05, 4.69) is 0 Å². The molecule has 0 unspecified atom stereocenters. The van der Waals surface area contributed by atoms with Crippen molar-refractivity contribution in [2.45, 2.75) is 12.8 Å². The summed E-state index contributed by atoms with van der Waals surface area (Å²) in [5, 5.41) is 9.04. The van der Waals surface area contributed by atoms with Crippen LogP contribution in [0.1, 0.15) is 18.4 Å². The van der Waals surface area contributed by atoms with Crippen LogP contribution in [0.15, 0.2) is 30.3 Å². The second kappa shape index (κ2) is 6.48. The van der Waals surface area contributed by atoms with Crippen molar-refractivity contribution in [3.63, 3.8) is 0 Å². The molecule has 1 fully saturated rings. The number of hydrogen-bond acceptors (Lipinski definition) is 2. The molecule has 0 radical (unpaired) electrons. The van der Waals surface area contributed by atoms with Crippen molar-refractivity contribution in [3.8, 4) is 0 Å². The van der Waals surface area contributed by atoms with Gasteiger partial charge in [0.2, 0.25) is 5.91 Å². The molecule has 3 nitrogen and oxygen atoms in total. The lowest BCUT2D eigenvalue weighted by Crippen LogP contribution is -2.38. The van der Waals surface area contributed by atoms with E-state index >= 15 is 0 Å². The van der Waals surface area contributed by atoms with Gasteiger partial charge >= 0.3 is 0 Å². The van der Waals surface area contributed by atoms with Gasteiger partial charge in [-0.05, 0) is 30.9 Å². The Kier molecular flexibility index (Phi) is 4.68. The van der Waals surface area contributed by atoms with Gasteiger partial charge in [-0.15, -0.1) is 0 Å². The number of hydrogen-bond donors (Lipinski definition) is 1. The molecule has 0 saturated carbocycles. The third-order valence-corrected chi connectivity index (χ3v) is 3.50. The second-order valence-corrected chi connectivity index (χ2v) is 4.81. The normalized spacial score (nSPS) is 17.1. The highest BCUT2D eigenvalue weighted by Gasteiger charge is 2.20. The molecule has 102 valence electrons. The van der Waals surface area contributed by atoms with Crippen LogP contribution in [0.25, 0.3) is 6.08 Å². The second-order valence-electron chi connectivity index (χ2n) is 4.81. The Labute approximate surface area is 112 Å². The number of piperidine rings is 1. The number of aliphatic hydroxyl groups excluding tert-OH is 1. The molecule has 1 amide bonds. The molecule has 1 aromatic rings. The standard InChI is InChI=1S/C15H18FNO2/c16-14-4-2-1-3-13(14)5-6-15(19)17-9-7-12(11-18)8-10-17/h1-6,12,18H,7-11H2/b6-5+. The Hall–Kier alpha value is -1.68. The van der Waals surface area contributed by atoms with Gasteiger partial charge < -0.3 is 10.0 Å². The van der Waals surface area contributed by atoms with Crippen molar-refractivity contribution in [2.24, 2.45) is 5.92 Å². The molecule has 2 rings (SSSR count). The summed E-state index contributed by atoms with van der Waals surface area (Å²) in [5.41, 5.74) is 0.418. The van der Waals surface area contributed by atoms with Crippen LogP contribution in [0.5, 0.6) is 0 Å². The molecule has 0 bridgehead atoms. The number of rotatable bonds is 3. The number of amides is 1. The maximum atomic E-state index is 13.4. The summed E-state index contributed by atoms with van der Waals surface area (Å²) in [6.45, 7) is 1.50. The fourth-order valence-electron chi connectivity index (χ4n) is 2.21. The summed E-state index contributed by atoms with van der Waals surface area (Å²) in [5.74, 6) is -0.121. The molecular weight excluding hydrogens is 245 g/mol. The molecule has 0 aromatic heterocycles. The smallest absolute Gasteiger partial charge is 0.246 e. The Bertz CT molecular complexity index is 465. The SMILES string of the molecule is O=C(/C=C/c1ccccc1F)N1CCC(CO)CC1. The van der Waals surface area contributed by atoms with E-state index < -0.39 is 0 Å². The number of carbonyl (C=O) groups excluding carboxylic acids is 1. The maximum absolute atomic E-state index is 13.4. The highest BCUT2D eigenvalue weighted by Crippen LogP contribution is 2.17. The summed E-state index contributed by atoms with van der Waals surface area (Å²) in [6, 6.07) is 6.36. The largest absolute Gasteiger partial charge is 0.396 e. The summed E-state index contributed by atoms with van der Waals surface area (Å²) >= 11 is 0. The van der Waals surface area contributed by atoms with Gasteiger partial charge in [0.05, 0.1) is 0 Å². The fourth-order valence-corrected chi connectivity index (χ4v) is 2.21. The van der Waals surface area contributed by atoms with Gasteiger partial charge in [0.1, 0.15) is 5.82 Å². The van der Waals surface area contributed by atoms with Crippen molar-refractivity contribution >= 4 is 12.0 Å². The van der Waals surface area contributed by atoms with Crippen LogP contribution < -0.4 is 0 Å². The summed E-state index contributed by atoms with van der Waals surface area (Å²) in [7, 11) is 0. The lowest BCUT2D eigenvalue weighted by Gasteiger charge is -2.30. The average Bonchev–Trinajstić information content (AvgIpc) is 2.46. The third kappa shape index (κ3) is 3.64. The van der Waals surface area contributed by atoms with E-state index in [9.17, 15) is 9.18 Å². The number of benzene rings is 1. The van der Waals surface area contributed by atoms with Gasteiger partial charge in [-0.1, -0.05) is 18.2 Å². The number of halogens is 1. The minimum atomic E-state index is -0.328. The zero-order valence-corrected chi connectivity index (χ0v) is 10.8. The van der Waals surface area contributed by atoms with Crippen molar-refractivity contribution in [3.05, 3.63) is 41.7 Å². The molecule has 1 N–H and O–H groups in total. The minimum Gasteiger partial charge on any atom is -0.396 e. The highest BCUT2D eigenvalue weighted by atomic mass is 19.1. The van der Waals surface area contributed by atoms with E-state index in [-0.39, 0.29) is 18.3 Å². The molecule has 0 atom stereocenters. The van der Waals surface area contributed by atoms with Crippen molar-refractivity contribution in [1.82, 2.24) is 4.90 Å². The van der Waals surface area contributed by atoms with Crippen molar-refractivity contribution in [1.29, 1.82) is 0 Å². The van der Waals surface area contributed by atoms with Gasteiger partial charge in [0.15, 0.2) is 0 Å². The van der Waals surface area contributed by atoms with E-state index in [1.54, 1.807) is 23.1 Å². The molecule has 19 heavy (non-hydrogen) atoms. The van der Waals surface area contributed by atoms with E-state index in [0.717, 1.165) is 12.8 Å². The van der Waals surface area contributed by atoms with Crippen LogP contribution in [-0.4, -0.2) is 35.6 Å². The summed E-state index contributed by atoms with van der Waals surface area (Å²) in [4.78, 5) is 13.7. The highest BCUT2D eigenvalue weighted by molar-refractivity contribution is 5.91. The van der Waals surface area contributed by atoms with Crippen LogP contribution in [0.2, 0.25) is 0 Å². The van der Waals surface area contributed by atoms with Gasteiger partial charge in [0.25, 0.3) is 0 Å². The molecule has 1 heterocycles. The van der Waals surface area contributed by atoms with Crippen LogP contribution >= 0.6 is 0 Å². The lowest BCUT2D eigenvalue weighted by molar-refractivity contribution is -0.127. The first-order valence-electron chi connectivity index (χ1n) is 6.53. The zero-order chi connectivity index (χ0) is 13.7. The first kappa shape index (κ1) is 13.7. The molecule has 1 aromatic carbocycles. The van der Waals surface area contributed by atoms with Crippen LogP contribution in [-0.2, 0) is 4.79 Å². The molecule has 1 aliphatic heterocycles. The minimum absolute atomic E-state index is 0.0976. The Morgan fingerprint density at radius 2 is 2.05 bits per heavy atom. The Morgan fingerprint density at radius 1 is 1.37 bits per heavy atom. The van der Waals surface area contributed by atoms with Crippen LogP contribution in [0.4, 0.5) is 4.39 Å². The number of aliphatic hydroxyl groups is 1. The number of nitrogens with zero attached hydrogens (tertiary/aromatic N) is 1. The van der Waals surface area contributed by atoms with Gasteiger partial charge in [-0.2, -0.15) is 0 Å². The molecule has 0 aliphatic carbocycles. The van der Waals surface area contributed by atoms with Gasteiger partial charge in [0, 0.05) is 31.3 Å². The Balaban J connectivity index is 1.93. The van der Waals surface area contributed by atoms with Crippen LogP contribution in [0, 0.1) is 11.7 Å². The first-order valence-corrected chi connectivity index (χ1v) is 6.53. The maximum Gasteiger partial charge on any atom is 0.246 e. The quantitative estimate of drug-likeness (QED) is 0.848. The monoisotopic (exact) mass is 263 g/mol. The predicted octanol–water partition coefficient (Wildman–Crippen LogP) is 2.07. The number of likely N-dealkylation sites (tertiary alicyclic amines) is 1. The van der Waals surface area contributed by atoms with E-state index in [0.29, 0.717) is 24.6 Å². The molecule has 4 heteroatoms. The molecule has 0 spiro atoms. The lowest BCUT2D eigenvalue weighted by atomic mass is 9.98. The van der Waals surface area contributed by atoms with Gasteiger partial charge in [-0.3, -0.25) is 4.79 Å².